The molecule has 0 saturated heterocycles. The first-order valence-electron chi connectivity index (χ1n) is 4.71. The molecule has 0 aliphatic heterocycles. The van der Waals surface area contributed by atoms with Crippen LogP contribution in [0.1, 0.15) is 19.0 Å². The Hall–Kier alpha value is -1.44. The average Bonchev–Trinajstić information content (AvgIpc) is 2.71. The molecule has 2 heteroatoms. The lowest BCUT2D eigenvalue weighted by molar-refractivity contribution is 0.844. The third kappa shape index (κ3) is 1.52. The second-order valence-electron chi connectivity index (χ2n) is 3.19. The van der Waals surface area contributed by atoms with Gasteiger partial charge in [0.05, 0.1) is 5.69 Å². The van der Waals surface area contributed by atoms with Crippen LogP contribution in [-0.2, 0) is 6.42 Å². The van der Waals surface area contributed by atoms with Gasteiger partial charge in [0.1, 0.15) is 0 Å². The number of aromatic amines is 1. The van der Waals surface area contributed by atoms with Gasteiger partial charge in [0.25, 0.3) is 0 Å². The largest absolute Gasteiger partial charge is 0.366 e. The van der Waals surface area contributed by atoms with E-state index in [2.05, 4.69) is 40.9 Å². The fraction of sp³-hybridized carbons (Fsp3) is 0.273. The Kier molecular flexibility index (Phi) is 2.21. The smallest absolute Gasteiger partial charge is 0.0626 e. The molecule has 68 valence electrons. The number of rotatable bonds is 3. The van der Waals surface area contributed by atoms with Gasteiger partial charge in [0, 0.05) is 24.3 Å². The number of aromatic nitrogens is 2. The number of H-pyrrole nitrogens is 1. The molecule has 2 heterocycles. The van der Waals surface area contributed by atoms with Gasteiger partial charge in [-0.3, -0.25) is 0 Å². The fourth-order valence-corrected chi connectivity index (χ4v) is 1.59. The zero-order valence-corrected chi connectivity index (χ0v) is 7.83. The number of aryl methyl sites for hydroxylation is 1. The Morgan fingerprint density at radius 3 is 3.00 bits per heavy atom. The van der Waals surface area contributed by atoms with Gasteiger partial charge in [0.15, 0.2) is 0 Å². The van der Waals surface area contributed by atoms with Crippen molar-refractivity contribution >= 4 is 0 Å². The van der Waals surface area contributed by atoms with Crippen molar-refractivity contribution in [2.24, 2.45) is 0 Å². The van der Waals surface area contributed by atoms with Gasteiger partial charge in [0.2, 0.25) is 0 Å². The molecular formula is C11H14N2. The maximum Gasteiger partial charge on any atom is 0.0626 e. The molecule has 13 heavy (non-hydrogen) atoms. The summed E-state index contributed by atoms with van der Waals surface area (Å²) in [6.07, 6.45) is 8.39. The Balaban J connectivity index is 2.35. The number of hydrogen-bond acceptors (Lipinski definition) is 0. The van der Waals surface area contributed by atoms with Crippen molar-refractivity contribution in [3.05, 3.63) is 42.5 Å². The van der Waals surface area contributed by atoms with Crippen molar-refractivity contribution in [3.8, 4) is 5.69 Å². The van der Waals surface area contributed by atoms with Gasteiger partial charge in [-0.15, -0.1) is 0 Å². The van der Waals surface area contributed by atoms with E-state index in [4.69, 9.17) is 0 Å². The van der Waals surface area contributed by atoms with E-state index in [1.54, 1.807) is 0 Å². The molecular weight excluding hydrogens is 160 g/mol. The van der Waals surface area contributed by atoms with Gasteiger partial charge in [-0.1, -0.05) is 13.3 Å². The van der Waals surface area contributed by atoms with Crippen LogP contribution in [0.2, 0.25) is 0 Å². The van der Waals surface area contributed by atoms with Gasteiger partial charge in [-0.05, 0) is 24.6 Å². The molecule has 0 saturated carbocycles. The second-order valence-corrected chi connectivity index (χ2v) is 3.19. The minimum atomic E-state index is 1.14. The minimum absolute atomic E-state index is 1.14. The maximum atomic E-state index is 3.07. The van der Waals surface area contributed by atoms with Crippen molar-refractivity contribution in [1.29, 1.82) is 0 Å². The maximum absolute atomic E-state index is 3.07. The van der Waals surface area contributed by atoms with Crippen molar-refractivity contribution in [1.82, 2.24) is 9.55 Å². The van der Waals surface area contributed by atoms with Crippen LogP contribution in [0.15, 0.2) is 36.8 Å². The number of nitrogens with one attached hydrogen (secondary N) is 1. The molecule has 0 aliphatic rings. The van der Waals surface area contributed by atoms with E-state index in [9.17, 15) is 0 Å². The molecule has 2 aromatic rings. The molecule has 2 aromatic heterocycles. The second kappa shape index (κ2) is 3.52. The summed E-state index contributed by atoms with van der Waals surface area (Å²) >= 11 is 0. The lowest BCUT2D eigenvalue weighted by atomic mass is 10.2. The van der Waals surface area contributed by atoms with E-state index in [1.165, 1.54) is 17.8 Å². The van der Waals surface area contributed by atoms with E-state index in [0.717, 1.165) is 6.42 Å². The molecule has 1 N–H and O–H groups in total. The molecule has 2 nitrogen and oxygen atoms in total. The van der Waals surface area contributed by atoms with Gasteiger partial charge in [-0.2, -0.15) is 0 Å². The third-order valence-corrected chi connectivity index (χ3v) is 2.20. The highest BCUT2D eigenvalue weighted by atomic mass is 15.0. The van der Waals surface area contributed by atoms with Crippen molar-refractivity contribution in [3.63, 3.8) is 0 Å². The van der Waals surface area contributed by atoms with Gasteiger partial charge < -0.3 is 9.55 Å². The average molecular weight is 174 g/mol. The van der Waals surface area contributed by atoms with Crippen molar-refractivity contribution < 1.29 is 0 Å². The predicted molar refractivity (Wildman–Crippen MR) is 54.1 cm³/mol. The molecule has 0 spiro atoms. The Bertz CT molecular complexity index is 357. The Morgan fingerprint density at radius 2 is 2.31 bits per heavy atom. The molecule has 0 unspecified atom stereocenters. The molecule has 0 bridgehead atoms. The topological polar surface area (TPSA) is 20.7 Å². The van der Waals surface area contributed by atoms with Crippen LogP contribution in [0.4, 0.5) is 0 Å². The highest BCUT2D eigenvalue weighted by molar-refractivity contribution is 5.32. The van der Waals surface area contributed by atoms with Crippen LogP contribution >= 0.6 is 0 Å². The van der Waals surface area contributed by atoms with Crippen LogP contribution in [0.3, 0.4) is 0 Å². The summed E-state index contributed by atoms with van der Waals surface area (Å²) in [5.74, 6) is 0. The Labute approximate surface area is 78.2 Å². The first-order valence-corrected chi connectivity index (χ1v) is 4.71. The van der Waals surface area contributed by atoms with E-state index in [-0.39, 0.29) is 0 Å². The van der Waals surface area contributed by atoms with Crippen LogP contribution in [0.5, 0.6) is 0 Å². The lowest BCUT2D eigenvalue weighted by Crippen LogP contribution is -1.96. The molecule has 2 rings (SSSR count). The summed E-state index contributed by atoms with van der Waals surface area (Å²) in [6, 6.07) is 6.35. The SMILES string of the molecule is CCCc1cccn1-c1cc[nH]c1. The number of nitrogens with zero attached hydrogens (tertiary/aromatic N) is 1. The molecule has 0 radical (unpaired) electrons. The first-order chi connectivity index (χ1) is 6.42. The first kappa shape index (κ1) is 8.17. The fourth-order valence-electron chi connectivity index (χ4n) is 1.59. The molecule has 0 aromatic carbocycles. The lowest BCUT2D eigenvalue weighted by Gasteiger charge is -2.04. The van der Waals surface area contributed by atoms with Crippen molar-refractivity contribution in [2.75, 3.05) is 0 Å². The van der Waals surface area contributed by atoms with Crippen LogP contribution in [0.25, 0.3) is 5.69 Å². The summed E-state index contributed by atoms with van der Waals surface area (Å²) in [4.78, 5) is 3.07. The number of hydrogen-bond donors (Lipinski definition) is 1. The van der Waals surface area contributed by atoms with Gasteiger partial charge >= 0.3 is 0 Å². The summed E-state index contributed by atoms with van der Waals surface area (Å²) in [6.45, 7) is 2.20. The summed E-state index contributed by atoms with van der Waals surface area (Å²) in [5, 5.41) is 0. The minimum Gasteiger partial charge on any atom is -0.366 e. The standard InChI is InChI=1S/C11H14N2/c1-2-4-10-5-3-8-13(10)11-6-7-12-9-11/h3,5-9,12H,2,4H2,1H3. The zero-order chi connectivity index (χ0) is 9.10. The van der Waals surface area contributed by atoms with Crippen LogP contribution < -0.4 is 0 Å². The molecule has 0 aliphatic carbocycles. The third-order valence-electron chi connectivity index (χ3n) is 2.20. The van der Waals surface area contributed by atoms with Crippen LogP contribution in [0, 0.1) is 0 Å². The summed E-state index contributed by atoms with van der Waals surface area (Å²) in [5.41, 5.74) is 2.59. The Morgan fingerprint density at radius 1 is 1.38 bits per heavy atom. The van der Waals surface area contributed by atoms with E-state index < -0.39 is 0 Å². The summed E-state index contributed by atoms with van der Waals surface area (Å²) < 4.78 is 2.22. The molecule has 0 atom stereocenters. The molecule has 0 amide bonds. The molecule has 0 fully saturated rings. The monoisotopic (exact) mass is 174 g/mol. The quantitative estimate of drug-likeness (QED) is 0.738. The zero-order valence-electron chi connectivity index (χ0n) is 7.83. The summed E-state index contributed by atoms with van der Waals surface area (Å²) in [7, 11) is 0. The van der Waals surface area contributed by atoms with Crippen LogP contribution in [-0.4, -0.2) is 9.55 Å². The van der Waals surface area contributed by atoms with E-state index >= 15 is 0 Å². The van der Waals surface area contributed by atoms with Crippen molar-refractivity contribution in [2.45, 2.75) is 19.8 Å². The normalized spacial score (nSPS) is 10.5. The predicted octanol–water partition coefficient (Wildman–Crippen LogP) is 2.76. The van der Waals surface area contributed by atoms with E-state index in [0.29, 0.717) is 0 Å². The highest BCUT2D eigenvalue weighted by Gasteiger charge is 2.01. The highest BCUT2D eigenvalue weighted by Crippen LogP contribution is 2.12. The van der Waals surface area contributed by atoms with E-state index in [1.807, 2.05) is 12.4 Å². The van der Waals surface area contributed by atoms with Gasteiger partial charge in [-0.25, -0.2) is 0 Å².